The van der Waals surface area contributed by atoms with Crippen molar-refractivity contribution in [1.29, 1.82) is 0 Å². The Kier molecular flexibility index (Phi) is 4.76. The number of carboxylic acids is 1. The fraction of sp³-hybridized carbons (Fsp3) is 0.158. The van der Waals surface area contributed by atoms with E-state index < -0.39 is 11.9 Å². The van der Waals surface area contributed by atoms with Gasteiger partial charge in [0, 0.05) is 16.1 Å². The predicted octanol–water partition coefficient (Wildman–Crippen LogP) is 4.86. The van der Waals surface area contributed by atoms with Crippen molar-refractivity contribution in [2.45, 2.75) is 12.8 Å². The van der Waals surface area contributed by atoms with Crippen molar-refractivity contribution in [2.75, 3.05) is 7.11 Å². The van der Waals surface area contributed by atoms with E-state index in [2.05, 4.69) is 4.98 Å². The minimum atomic E-state index is -0.979. The lowest BCUT2D eigenvalue weighted by Crippen LogP contribution is -2.07. The van der Waals surface area contributed by atoms with Crippen molar-refractivity contribution in [3.05, 3.63) is 59.3 Å². The number of hydrogen-bond acceptors (Lipinski definition) is 4. The van der Waals surface area contributed by atoms with E-state index in [0.29, 0.717) is 28.1 Å². The molecule has 0 bridgehead atoms. The number of ether oxygens (including phenoxy) is 1. The van der Waals surface area contributed by atoms with Crippen LogP contribution in [0.3, 0.4) is 0 Å². The van der Waals surface area contributed by atoms with Crippen LogP contribution < -0.4 is 4.74 Å². The van der Waals surface area contributed by atoms with Crippen molar-refractivity contribution >= 4 is 17.6 Å². The first-order chi connectivity index (χ1) is 12.0. The van der Waals surface area contributed by atoms with Crippen LogP contribution in [-0.2, 0) is 4.79 Å². The summed E-state index contributed by atoms with van der Waals surface area (Å²) in [4.78, 5) is 16.0. The van der Waals surface area contributed by atoms with Gasteiger partial charge in [-0.05, 0) is 43.3 Å². The van der Waals surface area contributed by atoms with Crippen LogP contribution in [0.1, 0.15) is 18.6 Å². The molecular weight excluding hydrogens is 342 g/mol. The molecule has 0 saturated heterocycles. The van der Waals surface area contributed by atoms with Crippen LogP contribution in [0, 0.1) is 0 Å². The number of nitrogens with zero attached hydrogens (tertiary/aromatic N) is 1. The van der Waals surface area contributed by atoms with Crippen LogP contribution in [0.4, 0.5) is 0 Å². The maximum atomic E-state index is 11.4. The molecular formula is C19H16ClNO4. The SMILES string of the molecule is COc1ccc(-c2nc(-c3ccc(Cl)cc3)c(C(C)C(=O)O)o2)cc1. The normalized spacial score (nSPS) is 12.0. The van der Waals surface area contributed by atoms with Gasteiger partial charge in [0.15, 0.2) is 0 Å². The molecule has 6 heteroatoms. The van der Waals surface area contributed by atoms with E-state index in [0.717, 1.165) is 11.1 Å². The lowest BCUT2D eigenvalue weighted by atomic mass is 10.0. The maximum Gasteiger partial charge on any atom is 0.314 e. The van der Waals surface area contributed by atoms with Gasteiger partial charge in [0.25, 0.3) is 0 Å². The zero-order chi connectivity index (χ0) is 18.0. The molecule has 3 rings (SSSR count). The Hall–Kier alpha value is -2.79. The van der Waals surface area contributed by atoms with Gasteiger partial charge in [-0.25, -0.2) is 4.98 Å². The number of hydrogen-bond donors (Lipinski definition) is 1. The molecule has 0 aliphatic carbocycles. The highest BCUT2D eigenvalue weighted by Gasteiger charge is 2.25. The molecule has 0 radical (unpaired) electrons. The lowest BCUT2D eigenvalue weighted by Gasteiger charge is -2.05. The smallest absolute Gasteiger partial charge is 0.314 e. The Morgan fingerprint density at radius 3 is 2.28 bits per heavy atom. The number of benzene rings is 2. The monoisotopic (exact) mass is 357 g/mol. The maximum absolute atomic E-state index is 11.4. The molecule has 3 aromatic rings. The number of aliphatic carboxylic acids is 1. The summed E-state index contributed by atoms with van der Waals surface area (Å²) in [6.45, 7) is 1.57. The molecule has 0 aliphatic heterocycles. The van der Waals surface area contributed by atoms with Gasteiger partial charge in [0.2, 0.25) is 5.89 Å². The first kappa shape index (κ1) is 17.0. The van der Waals surface area contributed by atoms with Crippen LogP contribution in [-0.4, -0.2) is 23.2 Å². The highest BCUT2D eigenvalue weighted by molar-refractivity contribution is 6.30. The van der Waals surface area contributed by atoms with Gasteiger partial charge in [-0.1, -0.05) is 23.7 Å². The topological polar surface area (TPSA) is 72.6 Å². The molecule has 0 aliphatic rings. The second-order valence-corrected chi connectivity index (χ2v) is 5.96. The van der Waals surface area contributed by atoms with Crippen molar-refractivity contribution < 1.29 is 19.1 Å². The molecule has 0 saturated carbocycles. The van der Waals surface area contributed by atoms with E-state index in [-0.39, 0.29) is 0 Å². The summed E-state index contributed by atoms with van der Waals surface area (Å²) in [5, 5.41) is 9.97. The first-order valence-electron chi connectivity index (χ1n) is 7.63. The molecule has 1 heterocycles. The molecule has 1 unspecified atom stereocenters. The highest BCUT2D eigenvalue weighted by atomic mass is 35.5. The summed E-state index contributed by atoms with van der Waals surface area (Å²) in [6, 6.07) is 14.2. The van der Waals surface area contributed by atoms with Crippen LogP contribution >= 0.6 is 11.6 Å². The van der Waals surface area contributed by atoms with Gasteiger partial charge in [0.05, 0.1) is 7.11 Å². The van der Waals surface area contributed by atoms with Crippen molar-refractivity contribution in [3.8, 4) is 28.5 Å². The van der Waals surface area contributed by atoms with Gasteiger partial charge >= 0.3 is 5.97 Å². The van der Waals surface area contributed by atoms with Gasteiger partial charge in [-0.2, -0.15) is 0 Å². The number of halogens is 1. The molecule has 0 amide bonds. The number of carboxylic acid groups (broad SMARTS) is 1. The summed E-state index contributed by atoms with van der Waals surface area (Å²) < 4.78 is 11.0. The average molecular weight is 358 g/mol. The summed E-state index contributed by atoms with van der Waals surface area (Å²) in [6.07, 6.45) is 0. The predicted molar refractivity (Wildman–Crippen MR) is 95.0 cm³/mol. The number of oxazole rings is 1. The zero-order valence-electron chi connectivity index (χ0n) is 13.7. The second kappa shape index (κ2) is 6.99. The minimum Gasteiger partial charge on any atom is -0.497 e. The van der Waals surface area contributed by atoms with Crippen molar-refractivity contribution in [2.24, 2.45) is 0 Å². The van der Waals surface area contributed by atoms with Crippen LogP contribution in [0.15, 0.2) is 52.9 Å². The molecule has 1 atom stereocenters. The summed E-state index contributed by atoms with van der Waals surface area (Å²) in [5.74, 6) is -0.429. The number of aromatic nitrogens is 1. The van der Waals surface area contributed by atoms with Gasteiger partial charge in [0.1, 0.15) is 23.1 Å². The molecule has 0 spiro atoms. The second-order valence-electron chi connectivity index (χ2n) is 5.53. The van der Waals surface area contributed by atoms with E-state index in [1.807, 2.05) is 12.1 Å². The molecule has 5 nitrogen and oxygen atoms in total. The number of rotatable bonds is 5. The summed E-state index contributed by atoms with van der Waals surface area (Å²) in [7, 11) is 1.59. The first-order valence-corrected chi connectivity index (χ1v) is 8.01. The van der Waals surface area contributed by atoms with E-state index in [1.54, 1.807) is 50.4 Å². The van der Waals surface area contributed by atoms with Gasteiger partial charge in [-0.15, -0.1) is 0 Å². The fourth-order valence-corrected chi connectivity index (χ4v) is 2.54. The summed E-state index contributed by atoms with van der Waals surface area (Å²) >= 11 is 5.93. The molecule has 128 valence electrons. The molecule has 1 aromatic heterocycles. The molecule has 2 aromatic carbocycles. The van der Waals surface area contributed by atoms with E-state index >= 15 is 0 Å². The zero-order valence-corrected chi connectivity index (χ0v) is 14.4. The third kappa shape index (κ3) is 3.51. The van der Waals surface area contributed by atoms with E-state index in [9.17, 15) is 9.90 Å². The Morgan fingerprint density at radius 2 is 1.72 bits per heavy atom. The number of methoxy groups -OCH3 is 1. The van der Waals surface area contributed by atoms with Crippen LogP contribution in [0.25, 0.3) is 22.7 Å². The van der Waals surface area contributed by atoms with Crippen molar-refractivity contribution in [1.82, 2.24) is 4.98 Å². The Balaban J connectivity index is 2.10. The Morgan fingerprint density at radius 1 is 1.12 bits per heavy atom. The van der Waals surface area contributed by atoms with Gasteiger partial charge < -0.3 is 14.3 Å². The standard InChI is InChI=1S/C19H16ClNO4/c1-11(19(22)23)17-16(12-3-7-14(20)8-4-12)21-18(25-17)13-5-9-15(24-2)10-6-13/h3-11H,1-2H3,(H,22,23). The third-order valence-electron chi connectivity index (χ3n) is 3.87. The quantitative estimate of drug-likeness (QED) is 0.706. The summed E-state index contributed by atoms with van der Waals surface area (Å²) in [5.41, 5.74) is 1.98. The van der Waals surface area contributed by atoms with Crippen LogP contribution in [0.5, 0.6) is 5.75 Å². The Labute approximate surface area is 149 Å². The van der Waals surface area contributed by atoms with E-state index in [4.69, 9.17) is 20.8 Å². The van der Waals surface area contributed by atoms with Crippen LogP contribution in [0.2, 0.25) is 5.02 Å². The molecule has 25 heavy (non-hydrogen) atoms. The van der Waals surface area contributed by atoms with Gasteiger partial charge in [-0.3, -0.25) is 4.79 Å². The van der Waals surface area contributed by atoms with E-state index in [1.165, 1.54) is 0 Å². The largest absolute Gasteiger partial charge is 0.497 e. The highest BCUT2D eigenvalue weighted by Crippen LogP contribution is 2.34. The number of carbonyl (C=O) groups is 1. The van der Waals surface area contributed by atoms with Crippen molar-refractivity contribution in [3.63, 3.8) is 0 Å². The molecule has 1 N–H and O–H groups in total. The molecule has 0 fully saturated rings. The lowest BCUT2D eigenvalue weighted by molar-refractivity contribution is -0.138. The minimum absolute atomic E-state index is 0.306. The Bertz CT molecular complexity index is 885. The average Bonchev–Trinajstić information content (AvgIpc) is 3.07. The third-order valence-corrected chi connectivity index (χ3v) is 4.12. The fourth-order valence-electron chi connectivity index (χ4n) is 2.41.